The van der Waals surface area contributed by atoms with Crippen LogP contribution in [0.25, 0.3) is 0 Å². The molecule has 1 aromatic rings. The average Bonchev–Trinajstić information content (AvgIpc) is 2.46. The lowest BCUT2D eigenvalue weighted by Crippen LogP contribution is -2.33. The van der Waals surface area contributed by atoms with Crippen LogP contribution >= 0.6 is 0 Å². The molecule has 0 aliphatic carbocycles. The fourth-order valence-electron chi connectivity index (χ4n) is 1.66. The molecule has 0 saturated heterocycles. The van der Waals surface area contributed by atoms with Crippen LogP contribution in [0.15, 0.2) is 24.3 Å². The van der Waals surface area contributed by atoms with E-state index >= 15 is 0 Å². The first-order chi connectivity index (χ1) is 10.0. The van der Waals surface area contributed by atoms with Crippen LogP contribution < -0.4 is 15.4 Å². The number of nitrogens with one attached hydrogen (secondary N) is 2. The summed E-state index contributed by atoms with van der Waals surface area (Å²) >= 11 is 0. The molecule has 1 rings (SSSR count). The minimum Gasteiger partial charge on any atom is -0.494 e. The highest BCUT2D eigenvalue weighted by atomic mass is 16.5. The van der Waals surface area contributed by atoms with E-state index in [1.54, 1.807) is 0 Å². The summed E-state index contributed by atoms with van der Waals surface area (Å²) in [6, 6.07) is 7.86. The Kier molecular flexibility index (Phi) is 7.83. The number of anilines is 1. The van der Waals surface area contributed by atoms with Crippen LogP contribution in [0.4, 0.5) is 5.69 Å². The van der Waals surface area contributed by atoms with E-state index in [1.165, 1.54) is 0 Å². The Morgan fingerprint density at radius 3 is 2.43 bits per heavy atom. The van der Waals surface area contributed by atoms with E-state index in [0.717, 1.165) is 30.9 Å². The Labute approximate surface area is 128 Å². The SMILES string of the molecule is CCC(C)NCC(=O)Nc1ccc(OCCC(C)C)cc1. The average molecular weight is 292 g/mol. The van der Waals surface area contributed by atoms with Crippen LogP contribution in [-0.4, -0.2) is 25.1 Å². The van der Waals surface area contributed by atoms with Gasteiger partial charge in [-0.25, -0.2) is 0 Å². The molecular formula is C17H28N2O2. The topological polar surface area (TPSA) is 50.4 Å². The zero-order chi connectivity index (χ0) is 15.7. The maximum absolute atomic E-state index is 11.8. The zero-order valence-electron chi connectivity index (χ0n) is 13.6. The molecule has 1 unspecified atom stereocenters. The summed E-state index contributed by atoms with van der Waals surface area (Å²) in [7, 11) is 0. The van der Waals surface area contributed by atoms with Gasteiger partial charge >= 0.3 is 0 Å². The van der Waals surface area contributed by atoms with E-state index in [4.69, 9.17) is 4.74 Å². The number of ether oxygens (including phenoxy) is 1. The van der Waals surface area contributed by atoms with Crippen molar-refractivity contribution >= 4 is 11.6 Å². The van der Waals surface area contributed by atoms with Gasteiger partial charge in [-0.05, 0) is 49.9 Å². The van der Waals surface area contributed by atoms with Crippen molar-refractivity contribution in [1.82, 2.24) is 5.32 Å². The van der Waals surface area contributed by atoms with E-state index in [9.17, 15) is 4.79 Å². The Morgan fingerprint density at radius 2 is 1.86 bits per heavy atom. The van der Waals surface area contributed by atoms with Gasteiger partial charge in [-0.15, -0.1) is 0 Å². The van der Waals surface area contributed by atoms with Crippen molar-refractivity contribution < 1.29 is 9.53 Å². The summed E-state index contributed by atoms with van der Waals surface area (Å²) in [5.41, 5.74) is 0.794. The number of carbonyl (C=O) groups excluding carboxylic acids is 1. The normalized spacial score (nSPS) is 12.2. The number of carbonyl (C=O) groups is 1. The summed E-state index contributed by atoms with van der Waals surface area (Å²) in [5, 5.41) is 6.03. The standard InChI is InChI=1S/C17H28N2O2/c1-5-14(4)18-12-17(20)19-15-6-8-16(9-7-15)21-11-10-13(2)3/h6-9,13-14,18H,5,10-12H2,1-4H3,(H,19,20). The predicted octanol–water partition coefficient (Wildman–Crippen LogP) is 3.44. The quantitative estimate of drug-likeness (QED) is 0.733. The smallest absolute Gasteiger partial charge is 0.238 e. The number of benzene rings is 1. The third kappa shape index (κ3) is 7.71. The number of hydrogen-bond donors (Lipinski definition) is 2. The second-order valence-corrected chi connectivity index (χ2v) is 5.79. The minimum atomic E-state index is -0.0243. The predicted molar refractivity (Wildman–Crippen MR) is 87.8 cm³/mol. The molecule has 0 spiro atoms. The molecule has 4 nitrogen and oxygen atoms in total. The summed E-state index contributed by atoms with van der Waals surface area (Å²) in [5.74, 6) is 1.46. The zero-order valence-corrected chi connectivity index (χ0v) is 13.6. The number of hydrogen-bond acceptors (Lipinski definition) is 3. The van der Waals surface area contributed by atoms with Crippen LogP contribution in [0.5, 0.6) is 5.75 Å². The van der Waals surface area contributed by atoms with Crippen LogP contribution in [0.1, 0.15) is 40.5 Å². The lowest BCUT2D eigenvalue weighted by Gasteiger charge is -2.12. The Hall–Kier alpha value is -1.55. The summed E-state index contributed by atoms with van der Waals surface area (Å²) in [6.45, 7) is 9.57. The van der Waals surface area contributed by atoms with E-state index in [1.807, 2.05) is 24.3 Å². The van der Waals surface area contributed by atoms with Crippen molar-refractivity contribution in [1.29, 1.82) is 0 Å². The molecule has 2 N–H and O–H groups in total. The fraction of sp³-hybridized carbons (Fsp3) is 0.588. The molecule has 1 amide bonds. The highest BCUT2D eigenvalue weighted by molar-refractivity contribution is 5.92. The van der Waals surface area contributed by atoms with Crippen LogP contribution in [0, 0.1) is 5.92 Å². The Morgan fingerprint density at radius 1 is 1.19 bits per heavy atom. The molecule has 4 heteroatoms. The molecule has 0 heterocycles. The lowest BCUT2D eigenvalue weighted by atomic mass is 10.1. The second kappa shape index (κ2) is 9.40. The van der Waals surface area contributed by atoms with Crippen molar-refractivity contribution in [3.05, 3.63) is 24.3 Å². The maximum Gasteiger partial charge on any atom is 0.238 e. The van der Waals surface area contributed by atoms with Crippen molar-refractivity contribution in [3.63, 3.8) is 0 Å². The van der Waals surface area contributed by atoms with Gasteiger partial charge in [0, 0.05) is 11.7 Å². The molecule has 0 bridgehead atoms. The van der Waals surface area contributed by atoms with E-state index in [0.29, 0.717) is 18.5 Å². The first-order valence-electron chi connectivity index (χ1n) is 7.77. The van der Waals surface area contributed by atoms with Gasteiger partial charge in [0.25, 0.3) is 0 Å². The van der Waals surface area contributed by atoms with E-state index < -0.39 is 0 Å². The van der Waals surface area contributed by atoms with Crippen molar-refractivity contribution in [2.45, 2.75) is 46.6 Å². The Bertz CT molecular complexity index is 415. The fourth-order valence-corrected chi connectivity index (χ4v) is 1.66. The van der Waals surface area contributed by atoms with Crippen LogP contribution in [0.2, 0.25) is 0 Å². The van der Waals surface area contributed by atoms with Gasteiger partial charge in [-0.2, -0.15) is 0 Å². The third-order valence-electron chi connectivity index (χ3n) is 3.33. The number of amides is 1. The van der Waals surface area contributed by atoms with Crippen LogP contribution in [-0.2, 0) is 4.79 Å². The monoisotopic (exact) mass is 292 g/mol. The molecule has 0 radical (unpaired) electrons. The molecule has 0 saturated carbocycles. The van der Waals surface area contributed by atoms with Crippen molar-refractivity contribution in [3.8, 4) is 5.75 Å². The van der Waals surface area contributed by atoms with Gasteiger partial charge in [0.1, 0.15) is 5.75 Å². The van der Waals surface area contributed by atoms with Crippen LogP contribution in [0.3, 0.4) is 0 Å². The first kappa shape index (κ1) is 17.5. The molecule has 0 aliphatic heterocycles. The Balaban J connectivity index is 2.34. The highest BCUT2D eigenvalue weighted by Crippen LogP contribution is 2.16. The van der Waals surface area contributed by atoms with E-state index in [-0.39, 0.29) is 5.91 Å². The minimum absolute atomic E-state index is 0.0243. The lowest BCUT2D eigenvalue weighted by molar-refractivity contribution is -0.115. The van der Waals surface area contributed by atoms with E-state index in [2.05, 4.69) is 38.3 Å². The van der Waals surface area contributed by atoms with Gasteiger partial charge in [-0.3, -0.25) is 4.79 Å². The van der Waals surface area contributed by atoms with Gasteiger partial charge in [0.15, 0.2) is 0 Å². The molecular weight excluding hydrogens is 264 g/mol. The summed E-state index contributed by atoms with van der Waals surface area (Å²) in [6.07, 6.45) is 2.05. The maximum atomic E-state index is 11.8. The van der Waals surface area contributed by atoms with Gasteiger partial charge in [0.05, 0.1) is 13.2 Å². The van der Waals surface area contributed by atoms with Crippen molar-refractivity contribution in [2.75, 3.05) is 18.5 Å². The third-order valence-corrected chi connectivity index (χ3v) is 3.33. The molecule has 21 heavy (non-hydrogen) atoms. The first-order valence-corrected chi connectivity index (χ1v) is 7.77. The van der Waals surface area contributed by atoms with Gasteiger partial charge in [0.2, 0.25) is 5.91 Å². The van der Waals surface area contributed by atoms with Crippen molar-refractivity contribution in [2.24, 2.45) is 5.92 Å². The molecule has 1 aromatic carbocycles. The van der Waals surface area contributed by atoms with Gasteiger partial charge < -0.3 is 15.4 Å². The molecule has 0 aromatic heterocycles. The summed E-state index contributed by atoms with van der Waals surface area (Å²) in [4.78, 5) is 11.8. The highest BCUT2D eigenvalue weighted by Gasteiger charge is 2.05. The molecule has 0 aliphatic rings. The molecule has 1 atom stereocenters. The largest absolute Gasteiger partial charge is 0.494 e. The number of rotatable bonds is 9. The molecule has 0 fully saturated rings. The van der Waals surface area contributed by atoms with Gasteiger partial charge in [-0.1, -0.05) is 20.8 Å². The second-order valence-electron chi connectivity index (χ2n) is 5.79. The molecule has 118 valence electrons. The summed E-state index contributed by atoms with van der Waals surface area (Å²) < 4.78 is 5.65.